The smallest absolute Gasteiger partial charge is 0.341 e. The number of carbonyl (C=O) groups excluding carboxylic acids is 2. The molecule has 3 heterocycles. The van der Waals surface area contributed by atoms with Gasteiger partial charge in [0.05, 0.1) is 28.8 Å². The van der Waals surface area contributed by atoms with Crippen molar-refractivity contribution in [3.63, 3.8) is 0 Å². The molecule has 3 aromatic heterocycles. The van der Waals surface area contributed by atoms with E-state index in [1.165, 1.54) is 27.7 Å². The van der Waals surface area contributed by atoms with Gasteiger partial charge in [0.2, 0.25) is 11.7 Å². The summed E-state index contributed by atoms with van der Waals surface area (Å²) in [4.78, 5) is 39.0. The number of fused-ring (bicyclic) bond motifs is 3. The van der Waals surface area contributed by atoms with Crippen LogP contribution in [-0.4, -0.2) is 43.4 Å². The second-order valence-electron chi connectivity index (χ2n) is 7.38. The maximum atomic E-state index is 12.9. The van der Waals surface area contributed by atoms with Crippen LogP contribution in [0, 0.1) is 13.8 Å². The van der Waals surface area contributed by atoms with E-state index < -0.39 is 5.97 Å². The lowest BCUT2D eigenvalue weighted by molar-refractivity contribution is -0.113. The third-order valence-electron chi connectivity index (χ3n) is 5.24. The van der Waals surface area contributed by atoms with Crippen LogP contribution in [0.2, 0.25) is 0 Å². The topological polar surface area (TPSA) is 108 Å². The lowest BCUT2D eigenvalue weighted by Gasteiger charge is -2.10. The molecule has 0 unspecified atom stereocenters. The van der Waals surface area contributed by atoms with Gasteiger partial charge >= 0.3 is 5.97 Å². The average Bonchev–Trinajstić information content (AvgIpc) is 3.36. The Morgan fingerprint density at radius 2 is 2.03 bits per heavy atom. The molecule has 0 radical (unpaired) electrons. The van der Waals surface area contributed by atoms with Gasteiger partial charge in [0.25, 0.3) is 5.56 Å². The van der Waals surface area contributed by atoms with Crippen LogP contribution in [0.3, 0.4) is 0 Å². The van der Waals surface area contributed by atoms with Gasteiger partial charge in [-0.3, -0.25) is 18.6 Å². The van der Waals surface area contributed by atoms with Crippen LogP contribution in [0.4, 0.5) is 5.00 Å². The summed E-state index contributed by atoms with van der Waals surface area (Å²) < 4.78 is 8.41. The third-order valence-corrected chi connectivity index (χ3v) is 7.29. The van der Waals surface area contributed by atoms with Gasteiger partial charge in [-0.25, -0.2) is 4.79 Å². The van der Waals surface area contributed by atoms with Gasteiger partial charge in [-0.1, -0.05) is 30.0 Å². The molecule has 1 aromatic carbocycles. The fourth-order valence-electron chi connectivity index (χ4n) is 3.58. The Hall–Kier alpha value is -3.44. The monoisotopic (exact) mass is 497 g/mol. The maximum absolute atomic E-state index is 12.9. The molecule has 0 atom stereocenters. The number of para-hydroxylation sites is 1. The summed E-state index contributed by atoms with van der Waals surface area (Å²) in [7, 11) is 0. The molecule has 0 aliphatic carbocycles. The van der Waals surface area contributed by atoms with Gasteiger partial charge in [0, 0.05) is 11.4 Å². The van der Waals surface area contributed by atoms with E-state index in [0.717, 1.165) is 10.4 Å². The van der Waals surface area contributed by atoms with Gasteiger partial charge in [0.1, 0.15) is 5.00 Å². The summed E-state index contributed by atoms with van der Waals surface area (Å²) in [6.45, 7) is 9.72. The Balaban J connectivity index is 1.62. The van der Waals surface area contributed by atoms with E-state index in [-0.39, 0.29) is 30.4 Å². The first-order valence-electron chi connectivity index (χ1n) is 10.5. The number of thiophene rings is 1. The number of aryl methyl sites for hydroxylation is 1. The van der Waals surface area contributed by atoms with Crippen molar-refractivity contribution >= 4 is 56.7 Å². The number of nitrogens with zero attached hydrogens (tertiary/aromatic N) is 4. The average molecular weight is 498 g/mol. The third kappa shape index (κ3) is 4.24. The molecule has 0 bridgehead atoms. The minimum absolute atomic E-state index is 0.0357. The van der Waals surface area contributed by atoms with Crippen molar-refractivity contribution in [3.8, 4) is 0 Å². The molecule has 0 aliphatic rings. The second kappa shape index (κ2) is 9.82. The molecule has 0 fully saturated rings. The zero-order chi connectivity index (χ0) is 24.4. The van der Waals surface area contributed by atoms with Crippen molar-refractivity contribution in [2.24, 2.45) is 0 Å². The summed E-state index contributed by atoms with van der Waals surface area (Å²) in [5, 5.41) is 12.7. The van der Waals surface area contributed by atoms with Crippen molar-refractivity contribution in [3.05, 3.63) is 63.3 Å². The van der Waals surface area contributed by atoms with Crippen LogP contribution in [0.25, 0.3) is 16.7 Å². The van der Waals surface area contributed by atoms with E-state index >= 15 is 0 Å². The fourth-order valence-corrected chi connectivity index (χ4v) is 5.38. The highest BCUT2D eigenvalue weighted by molar-refractivity contribution is 7.99. The summed E-state index contributed by atoms with van der Waals surface area (Å²) in [6, 6.07) is 7.19. The van der Waals surface area contributed by atoms with E-state index in [1.807, 2.05) is 26.0 Å². The lowest BCUT2D eigenvalue weighted by atomic mass is 10.1. The molecular formula is C23H23N5O4S2. The van der Waals surface area contributed by atoms with Gasteiger partial charge in [0.15, 0.2) is 5.16 Å². The minimum atomic E-state index is -0.456. The number of anilines is 1. The highest BCUT2D eigenvalue weighted by Gasteiger charge is 2.23. The van der Waals surface area contributed by atoms with E-state index in [4.69, 9.17) is 4.74 Å². The molecule has 176 valence electrons. The van der Waals surface area contributed by atoms with Gasteiger partial charge in [-0.05, 0) is 38.5 Å². The Bertz CT molecular complexity index is 1480. The van der Waals surface area contributed by atoms with Gasteiger partial charge in [-0.2, -0.15) is 0 Å². The number of hydrogen-bond donors (Lipinski definition) is 1. The highest BCUT2D eigenvalue weighted by Crippen LogP contribution is 2.33. The number of rotatable bonds is 8. The van der Waals surface area contributed by atoms with Crippen LogP contribution in [-0.2, 0) is 16.1 Å². The number of ether oxygens (including phenoxy) is 1. The van der Waals surface area contributed by atoms with Crippen molar-refractivity contribution in [2.45, 2.75) is 32.5 Å². The quantitative estimate of drug-likeness (QED) is 0.224. The number of benzene rings is 1. The zero-order valence-electron chi connectivity index (χ0n) is 19.0. The van der Waals surface area contributed by atoms with Crippen LogP contribution in [0.1, 0.15) is 27.7 Å². The lowest BCUT2D eigenvalue weighted by Crippen LogP contribution is -2.22. The van der Waals surface area contributed by atoms with Crippen LogP contribution in [0.15, 0.2) is 46.9 Å². The Morgan fingerprint density at radius 1 is 1.26 bits per heavy atom. The zero-order valence-corrected chi connectivity index (χ0v) is 20.6. The first-order valence-corrected chi connectivity index (χ1v) is 12.3. The fraction of sp³-hybridized carbons (Fsp3) is 0.261. The number of aromatic nitrogens is 4. The number of hydrogen-bond acceptors (Lipinski definition) is 8. The normalized spacial score (nSPS) is 11.1. The Kier molecular flexibility index (Phi) is 6.85. The Morgan fingerprint density at radius 3 is 2.76 bits per heavy atom. The van der Waals surface area contributed by atoms with E-state index in [2.05, 4.69) is 22.1 Å². The molecule has 4 rings (SSSR count). The summed E-state index contributed by atoms with van der Waals surface area (Å²) in [5.74, 6) is -0.339. The summed E-state index contributed by atoms with van der Waals surface area (Å²) >= 11 is 2.53. The number of carbonyl (C=O) groups is 2. The number of allylic oxidation sites excluding steroid dienone is 1. The molecule has 9 nitrogen and oxygen atoms in total. The molecule has 0 saturated carbocycles. The first kappa shape index (κ1) is 23.7. The summed E-state index contributed by atoms with van der Waals surface area (Å²) in [6.07, 6.45) is 1.62. The molecule has 0 spiro atoms. The van der Waals surface area contributed by atoms with Crippen LogP contribution in [0.5, 0.6) is 0 Å². The molecule has 4 aromatic rings. The predicted octanol–water partition coefficient (Wildman–Crippen LogP) is 3.82. The van der Waals surface area contributed by atoms with Crippen molar-refractivity contribution in [1.82, 2.24) is 19.2 Å². The van der Waals surface area contributed by atoms with Crippen molar-refractivity contribution < 1.29 is 14.3 Å². The van der Waals surface area contributed by atoms with Crippen molar-refractivity contribution in [2.75, 3.05) is 17.7 Å². The van der Waals surface area contributed by atoms with E-state index in [0.29, 0.717) is 32.4 Å². The van der Waals surface area contributed by atoms with Crippen molar-refractivity contribution in [1.29, 1.82) is 0 Å². The minimum Gasteiger partial charge on any atom is -0.462 e. The van der Waals surface area contributed by atoms with Crippen LogP contribution < -0.4 is 10.9 Å². The number of esters is 1. The SMILES string of the molecule is C=CCn1c(=O)c2ccccc2n2c(SCC(=O)Nc3sc(C)c(C)c3C(=O)OCC)nnc12. The van der Waals surface area contributed by atoms with Gasteiger partial charge in [-0.15, -0.1) is 28.1 Å². The largest absolute Gasteiger partial charge is 0.462 e. The predicted molar refractivity (Wildman–Crippen MR) is 134 cm³/mol. The maximum Gasteiger partial charge on any atom is 0.341 e. The highest BCUT2D eigenvalue weighted by atomic mass is 32.2. The number of thioether (sulfide) groups is 1. The molecule has 1 N–H and O–H groups in total. The second-order valence-corrected chi connectivity index (χ2v) is 9.55. The molecular weight excluding hydrogens is 474 g/mol. The number of nitrogens with one attached hydrogen (secondary N) is 1. The molecule has 0 saturated heterocycles. The molecule has 0 aliphatic heterocycles. The molecule has 11 heteroatoms. The molecule has 34 heavy (non-hydrogen) atoms. The van der Waals surface area contributed by atoms with E-state index in [1.54, 1.807) is 29.5 Å². The Labute approximate surface area is 203 Å². The number of amides is 1. The standard InChI is InChI=1S/C23H23N5O4S2/c1-5-11-27-20(30)15-9-7-8-10-16(15)28-22(27)25-26-23(28)33-12-17(29)24-19-18(21(31)32-6-2)13(3)14(4)34-19/h5,7-10H,1,6,11-12H2,2-4H3,(H,24,29). The van der Waals surface area contributed by atoms with E-state index in [9.17, 15) is 14.4 Å². The molecule has 1 amide bonds. The van der Waals surface area contributed by atoms with Gasteiger partial charge < -0.3 is 10.1 Å². The first-order chi connectivity index (χ1) is 16.4. The summed E-state index contributed by atoms with van der Waals surface area (Å²) in [5.41, 5.74) is 1.65. The van der Waals surface area contributed by atoms with Crippen LogP contribution >= 0.6 is 23.1 Å².